The Morgan fingerprint density at radius 3 is 2.95 bits per heavy atom. The number of nitrogens with zero attached hydrogens (tertiary/aromatic N) is 1. The number of benzene rings is 1. The van der Waals surface area contributed by atoms with Crippen molar-refractivity contribution >= 4 is 12.3 Å². The van der Waals surface area contributed by atoms with Gasteiger partial charge in [0.05, 0.1) is 11.9 Å². The van der Waals surface area contributed by atoms with Gasteiger partial charge in [-0.2, -0.15) is 0 Å². The summed E-state index contributed by atoms with van der Waals surface area (Å²) < 4.78 is 32.1. The predicted octanol–water partition coefficient (Wildman–Crippen LogP) is 3.50. The minimum Gasteiger partial charge on any atom is -0.473 e. The summed E-state index contributed by atoms with van der Waals surface area (Å²) in [6, 6.07) is 5.93. The first-order valence-corrected chi connectivity index (χ1v) is 6.54. The third-order valence-corrected chi connectivity index (χ3v) is 2.84. The van der Waals surface area contributed by atoms with Crippen LogP contribution in [0.25, 0.3) is 0 Å². The maximum atomic E-state index is 13.7. The van der Waals surface area contributed by atoms with Gasteiger partial charge in [-0.1, -0.05) is 12.1 Å². The molecule has 0 fully saturated rings. The van der Waals surface area contributed by atoms with Crippen LogP contribution in [0.5, 0.6) is 0 Å². The lowest BCUT2D eigenvalue weighted by atomic mass is 10.2. The molecule has 0 saturated carbocycles. The molecule has 22 heavy (non-hydrogen) atoms. The smallest absolute Gasteiger partial charge is 0.408 e. The highest BCUT2D eigenvalue weighted by molar-refractivity contribution is 5.79. The monoisotopic (exact) mass is 308 g/mol. The van der Waals surface area contributed by atoms with Crippen LogP contribution < -0.4 is 5.32 Å². The first-order chi connectivity index (χ1) is 10.5. The maximum absolute atomic E-state index is 13.7. The SMILES string of the molecule is O=C(O)N/C1=C(F)/C=N\C(OCc2cccc(F)c2)=C\CC1. The second-order valence-corrected chi connectivity index (χ2v) is 4.51. The molecule has 1 aromatic carbocycles. The molecule has 2 rings (SSSR count). The minimum absolute atomic E-state index is 0.0447. The second-order valence-electron chi connectivity index (χ2n) is 4.51. The third-order valence-electron chi connectivity index (χ3n) is 2.84. The van der Waals surface area contributed by atoms with E-state index in [1.807, 2.05) is 5.32 Å². The minimum atomic E-state index is -1.33. The molecule has 0 spiro atoms. The zero-order chi connectivity index (χ0) is 15.9. The molecule has 0 saturated heterocycles. The number of nitrogens with one attached hydrogen (secondary N) is 1. The number of rotatable bonds is 4. The molecule has 116 valence electrons. The Balaban J connectivity index is 2.00. The van der Waals surface area contributed by atoms with Crippen molar-refractivity contribution in [2.45, 2.75) is 19.4 Å². The first-order valence-electron chi connectivity index (χ1n) is 6.54. The molecule has 1 aromatic rings. The van der Waals surface area contributed by atoms with E-state index in [1.165, 1.54) is 12.1 Å². The number of carboxylic acid groups (broad SMARTS) is 1. The summed E-state index contributed by atoms with van der Waals surface area (Å²) in [7, 11) is 0. The van der Waals surface area contributed by atoms with Crippen LogP contribution in [-0.2, 0) is 11.3 Å². The molecule has 1 aliphatic rings. The molecule has 0 radical (unpaired) electrons. The van der Waals surface area contributed by atoms with Crippen LogP contribution in [-0.4, -0.2) is 17.4 Å². The largest absolute Gasteiger partial charge is 0.473 e. The molecule has 1 aliphatic heterocycles. The van der Waals surface area contributed by atoms with Crippen LogP contribution in [0.15, 0.2) is 52.7 Å². The van der Waals surface area contributed by atoms with Crippen LogP contribution in [0.4, 0.5) is 13.6 Å². The zero-order valence-electron chi connectivity index (χ0n) is 11.6. The highest BCUT2D eigenvalue weighted by Gasteiger charge is 2.11. The lowest BCUT2D eigenvalue weighted by Crippen LogP contribution is -2.21. The van der Waals surface area contributed by atoms with E-state index < -0.39 is 11.9 Å². The summed E-state index contributed by atoms with van der Waals surface area (Å²) in [4.78, 5) is 14.3. The van der Waals surface area contributed by atoms with E-state index in [2.05, 4.69) is 4.99 Å². The number of aliphatic imine (C=N–C) groups is 1. The van der Waals surface area contributed by atoms with E-state index in [0.717, 1.165) is 6.21 Å². The van der Waals surface area contributed by atoms with Crippen molar-refractivity contribution < 1.29 is 23.4 Å². The fourth-order valence-electron chi connectivity index (χ4n) is 1.84. The number of carbonyl (C=O) groups is 1. The summed E-state index contributed by atoms with van der Waals surface area (Å²) in [6.45, 7) is 0.104. The summed E-state index contributed by atoms with van der Waals surface area (Å²) in [5.41, 5.74) is 0.582. The van der Waals surface area contributed by atoms with E-state index in [-0.39, 0.29) is 30.4 Å². The average Bonchev–Trinajstić information content (AvgIpc) is 2.46. The Hall–Kier alpha value is -2.70. The summed E-state index contributed by atoms with van der Waals surface area (Å²) >= 11 is 0. The van der Waals surface area contributed by atoms with Gasteiger partial charge in [-0.05, 0) is 36.6 Å². The van der Waals surface area contributed by atoms with Gasteiger partial charge in [0.25, 0.3) is 0 Å². The van der Waals surface area contributed by atoms with Gasteiger partial charge in [0.2, 0.25) is 5.88 Å². The Morgan fingerprint density at radius 2 is 2.23 bits per heavy atom. The van der Waals surface area contributed by atoms with E-state index in [4.69, 9.17) is 9.84 Å². The molecular weight excluding hydrogens is 294 g/mol. The van der Waals surface area contributed by atoms with Crippen LogP contribution in [0.2, 0.25) is 0 Å². The molecule has 0 unspecified atom stereocenters. The lowest BCUT2D eigenvalue weighted by molar-refractivity contribution is 0.194. The van der Waals surface area contributed by atoms with E-state index in [9.17, 15) is 13.6 Å². The first kappa shape index (κ1) is 15.7. The topological polar surface area (TPSA) is 70.9 Å². The molecule has 0 atom stereocenters. The van der Waals surface area contributed by atoms with Gasteiger partial charge in [-0.15, -0.1) is 0 Å². The fourth-order valence-corrected chi connectivity index (χ4v) is 1.84. The van der Waals surface area contributed by atoms with Gasteiger partial charge in [-0.3, -0.25) is 5.32 Å². The van der Waals surface area contributed by atoms with E-state index in [0.29, 0.717) is 12.0 Å². The zero-order valence-corrected chi connectivity index (χ0v) is 11.6. The number of allylic oxidation sites excluding steroid dienone is 3. The summed E-state index contributed by atoms with van der Waals surface area (Å²) in [6.07, 6.45) is 1.72. The maximum Gasteiger partial charge on any atom is 0.408 e. The molecule has 2 N–H and O–H groups in total. The quantitative estimate of drug-likeness (QED) is 0.894. The molecule has 7 heteroatoms. The van der Waals surface area contributed by atoms with Gasteiger partial charge in [-0.25, -0.2) is 18.6 Å². The fraction of sp³-hybridized carbons (Fsp3) is 0.200. The normalized spacial score (nSPS) is 22.0. The van der Waals surface area contributed by atoms with Crippen molar-refractivity contribution in [1.82, 2.24) is 5.32 Å². The molecule has 1 heterocycles. The van der Waals surface area contributed by atoms with E-state index >= 15 is 0 Å². The number of halogens is 2. The average molecular weight is 308 g/mol. The summed E-state index contributed by atoms with van der Waals surface area (Å²) in [5.74, 6) is -0.925. The highest BCUT2D eigenvalue weighted by atomic mass is 19.1. The Kier molecular flexibility index (Phi) is 5.24. The highest BCUT2D eigenvalue weighted by Crippen LogP contribution is 2.16. The molecule has 0 bridgehead atoms. The van der Waals surface area contributed by atoms with Crippen molar-refractivity contribution in [3.8, 4) is 0 Å². The van der Waals surface area contributed by atoms with Gasteiger partial charge < -0.3 is 9.84 Å². The molecule has 1 amide bonds. The van der Waals surface area contributed by atoms with Gasteiger partial charge >= 0.3 is 6.09 Å². The third kappa shape index (κ3) is 4.69. The van der Waals surface area contributed by atoms with E-state index in [1.54, 1.807) is 18.2 Å². The standard InChI is InChI=1S/C15H14F2N2O3/c16-11-4-1-3-10(7-11)9-22-14-6-2-5-13(19-15(20)21)12(17)8-18-14/h1,3-4,6-8,19H,2,5,9H2,(H,20,21)/b13-12-,14-6-,18-8-. The Bertz CT molecular complexity index is 654. The van der Waals surface area contributed by atoms with Crippen LogP contribution in [0.3, 0.4) is 0 Å². The molecular formula is C15H14F2N2O3. The van der Waals surface area contributed by atoms with Crippen molar-refractivity contribution in [1.29, 1.82) is 0 Å². The number of amides is 1. The Labute approximate surface area is 125 Å². The Morgan fingerprint density at radius 1 is 1.41 bits per heavy atom. The molecule has 0 aromatic heterocycles. The predicted molar refractivity (Wildman–Crippen MR) is 76.3 cm³/mol. The van der Waals surface area contributed by atoms with Crippen molar-refractivity contribution in [3.63, 3.8) is 0 Å². The lowest BCUT2D eigenvalue weighted by Gasteiger charge is -2.11. The van der Waals surface area contributed by atoms with Crippen LogP contribution >= 0.6 is 0 Å². The molecule has 5 nitrogen and oxygen atoms in total. The van der Waals surface area contributed by atoms with Crippen molar-refractivity contribution in [2.75, 3.05) is 0 Å². The summed E-state index contributed by atoms with van der Waals surface area (Å²) in [5, 5.41) is 10.6. The van der Waals surface area contributed by atoms with Gasteiger partial charge in [0.15, 0.2) is 5.83 Å². The molecule has 0 aliphatic carbocycles. The van der Waals surface area contributed by atoms with Crippen molar-refractivity contribution in [3.05, 3.63) is 59.1 Å². The van der Waals surface area contributed by atoms with Crippen LogP contribution in [0, 0.1) is 5.82 Å². The van der Waals surface area contributed by atoms with Gasteiger partial charge in [0.1, 0.15) is 12.4 Å². The number of ether oxygens (including phenoxy) is 1. The van der Waals surface area contributed by atoms with Gasteiger partial charge in [0, 0.05) is 0 Å². The van der Waals surface area contributed by atoms with Crippen LogP contribution in [0.1, 0.15) is 18.4 Å². The van der Waals surface area contributed by atoms with Crippen molar-refractivity contribution in [2.24, 2.45) is 4.99 Å². The second kappa shape index (κ2) is 7.35. The number of hydrogen-bond donors (Lipinski definition) is 2. The number of hydrogen-bond acceptors (Lipinski definition) is 3.